The third kappa shape index (κ3) is 5.26. The Morgan fingerprint density at radius 1 is 0.500 bits per heavy atom. The Morgan fingerprint density at radius 2 is 0.952 bits per heavy atom. The van der Waals surface area contributed by atoms with Crippen LogP contribution in [0.25, 0.3) is 44.1 Å². The molecule has 9 heteroatoms. The molecule has 42 heavy (non-hydrogen) atoms. The first-order valence-corrected chi connectivity index (χ1v) is 14.8. The van der Waals surface area contributed by atoms with E-state index in [0.29, 0.717) is 10.3 Å². The van der Waals surface area contributed by atoms with Crippen LogP contribution in [0, 0.1) is 0 Å². The van der Waals surface area contributed by atoms with E-state index in [0.717, 1.165) is 44.1 Å². The number of anilines is 2. The van der Waals surface area contributed by atoms with E-state index in [2.05, 4.69) is 74.1 Å². The van der Waals surface area contributed by atoms with Crippen molar-refractivity contribution in [2.24, 2.45) is 0 Å². The van der Waals surface area contributed by atoms with Crippen molar-refractivity contribution in [3.05, 3.63) is 125 Å². The normalized spacial score (nSPS) is 11.0. The fraction of sp³-hybridized carbons (Fsp3) is 0. The van der Waals surface area contributed by atoms with E-state index in [1.165, 1.54) is 22.7 Å². The molecule has 7 nitrogen and oxygen atoms in total. The average Bonchev–Trinajstić information content (AvgIpc) is 3.70. The molecule has 7 rings (SSSR count). The number of carbonyl (C=O) groups excluding carboxylic acids is 2. The van der Waals surface area contributed by atoms with Gasteiger partial charge in [0.1, 0.15) is 11.4 Å². The van der Waals surface area contributed by atoms with E-state index in [1.807, 2.05) is 47.2 Å². The largest absolute Gasteiger partial charge is 0.296 e. The van der Waals surface area contributed by atoms with E-state index >= 15 is 0 Å². The smallest absolute Gasteiger partial charge is 0.276 e. The van der Waals surface area contributed by atoms with Crippen LogP contribution < -0.4 is 10.6 Å². The number of nitrogens with one attached hydrogen (secondary N) is 2. The van der Waals surface area contributed by atoms with E-state index in [9.17, 15) is 9.59 Å². The maximum absolute atomic E-state index is 13.0. The fourth-order valence-corrected chi connectivity index (χ4v) is 6.06. The number of amides is 2. The van der Waals surface area contributed by atoms with Gasteiger partial charge in [0.25, 0.3) is 11.8 Å². The summed E-state index contributed by atoms with van der Waals surface area (Å²) in [6, 6.07) is 33.3. The number of carbonyl (C=O) groups is 2. The quantitative estimate of drug-likeness (QED) is 0.206. The highest BCUT2D eigenvalue weighted by molar-refractivity contribution is 7.14. The molecule has 0 spiro atoms. The first kappa shape index (κ1) is 25.7. The van der Waals surface area contributed by atoms with Crippen molar-refractivity contribution in [3.8, 4) is 22.5 Å². The van der Waals surface area contributed by atoms with Gasteiger partial charge in [-0.25, -0.2) is 15.0 Å². The molecular formula is C33H21N5O2S2. The van der Waals surface area contributed by atoms with Crippen LogP contribution in [0.15, 0.2) is 114 Å². The van der Waals surface area contributed by atoms with Gasteiger partial charge < -0.3 is 0 Å². The van der Waals surface area contributed by atoms with Crippen LogP contribution in [-0.4, -0.2) is 26.8 Å². The molecule has 0 aliphatic carbocycles. The summed E-state index contributed by atoms with van der Waals surface area (Å²) in [6.45, 7) is 0. The summed E-state index contributed by atoms with van der Waals surface area (Å²) < 4.78 is 0. The lowest BCUT2D eigenvalue weighted by molar-refractivity contribution is 0.101. The number of hydrogen-bond acceptors (Lipinski definition) is 7. The van der Waals surface area contributed by atoms with Crippen molar-refractivity contribution in [1.29, 1.82) is 0 Å². The monoisotopic (exact) mass is 583 g/mol. The standard InChI is InChI=1S/C33H21N5O2S2/c39-30(37-32-35-28(18-41-32)24-14-12-20-6-1-3-8-22(20)16-24)26-10-5-11-27(34-26)31(40)38-33-36-29(19-42-33)25-15-13-21-7-2-4-9-23(21)17-25/h1-19H,(H,35,37,39)(H,36,38,40). The maximum atomic E-state index is 13.0. The lowest BCUT2D eigenvalue weighted by atomic mass is 10.1. The second-order valence-corrected chi connectivity index (χ2v) is 11.2. The van der Waals surface area contributed by atoms with E-state index in [1.54, 1.807) is 18.2 Å². The van der Waals surface area contributed by atoms with Crippen LogP contribution in [0.3, 0.4) is 0 Å². The number of benzene rings is 4. The second-order valence-electron chi connectivity index (χ2n) is 9.52. The minimum Gasteiger partial charge on any atom is -0.296 e. The molecule has 202 valence electrons. The van der Waals surface area contributed by atoms with Gasteiger partial charge in [-0.1, -0.05) is 78.9 Å². The molecule has 0 saturated heterocycles. The number of nitrogens with zero attached hydrogens (tertiary/aromatic N) is 3. The molecule has 0 bridgehead atoms. The SMILES string of the molecule is O=C(Nc1nc(-c2ccc3ccccc3c2)cs1)c1cccc(C(=O)Nc2nc(-c3ccc4ccccc4c3)cs2)n1. The highest BCUT2D eigenvalue weighted by atomic mass is 32.1. The topological polar surface area (TPSA) is 96.9 Å². The minimum atomic E-state index is -0.447. The maximum Gasteiger partial charge on any atom is 0.276 e. The van der Waals surface area contributed by atoms with Crippen molar-refractivity contribution in [2.75, 3.05) is 10.6 Å². The Kier molecular flexibility index (Phi) is 6.71. The number of rotatable bonds is 6. The van der Waals surface area contributed by atoms with Gasteiger partial charge in [0.2, 0.25) is 0 Å². The highest BCUT2D eigenvalue weighted by Gasteiger charge is 2.16. The van der Waals surface area contributed by atoms with Crippen molar-refractivity contribution in [3.63, 3.8) is 0 Å². The van der Waals surface area contributed by atoms with Crippen molar-refractivity contribution < 1.29 is 9.59 Å². The van der Waals surface area contributed by atoms with Crippen molar-refractivity contribution in [2.45, 2.75) is 0 Å². The number of thiazole rings is 2. The molecule has 2 N–H and O–H groups in total. The summed E-state index contributed by atoms with van der Waals surface area (Å²) in [5, 5.41) is 14.8. The van der Waals surface area contributed by atoms with Gasteiger partial charge in [0.15, 0.2) is 10.3 Å². The number of fused-ring (bicyclic) bond motifs is 2. The van der Waals surface area contributed by atoms with Gasteiger partial charge in [0, 0.05) is 21.9 Å². The van der Waals surface area contributed by atoms with Gasteiger partial charge in [-0.2, -0.15) is 0 Å². The zero-order valence-corrected chi connectivity index (χ0v) is 23.6. The molecule has 0 aliphatic heterocycles. The molecule has 0 radical (unpaired) electrons. The van der Waals surface area contributed by atoms with Crippen LogP contribution in [-0.2, 0) is 0 Å². The molecule has 3 heterocycles. The molecule has 0 fully saturated rings. The first-order valence-electron chi connectivity index (χ1n) is 13.1. The van der Waals surface area contributed by atoms with Crippen LogP contribution in [0.2, 0.25) is 0 Å². The summed E-state index contributed by atoms with van der Waals surface area (Å²) >= 11 is 2.66. The lowest BCUT2D eigenvalue weighted by Gasteiger charge is -2.05. The van der Waals surface area contributed by atoms with Crippen LogP contribution in [0.4, 0.5) is 10.3 Å². The fourth-order valence-electron chi connectivity index (χ4n) is 4.63. The molecule has 0 saturated carbocycles. The summed E-state index contributed by atoms with van der Waals surface area (Å²) in [4.78, 5) is 39.4. The molecule has 2 amide bonds. The molecule has 3 aromatic heterocycles. The van der Waals surface area contributed by atoms with Gasteiger partial charge in [0.05, 0.1) is 11.4 Å². The van der Waals surface area contributed by atoms with Crippen LogP contribution in [0.1, 0.15) is 21.0 Å². The first-order chi connectivity index (χ1) is 20.6. The van der Waals surface area contributed by atoms with Gasteiger partial charge in [-0.05, 0) is 45.8 Å². The lowest BCUT2D eigenvalue weighted by Crippen LogP contribution is -2.18. The molecule has 4 aromatic carbocycles. The Morgan fingerprint density at radius 3 is 1.43 bits per heavy atom. The van der Waals surface area contributed by atoms with E-state index in [-0.39, 0.29) is 11.4 Å². The number of aromatic nitrogens is 3. The molecule has 7 aromatic rings. The molecule has 0 atom stereocenters. The average molecular weight is 584 g/mol. The summed E-state index contributed by atoms with van der Waals surface area (Å²) in [7, 11) is 0. The highest BCUT2D eigenvalue weighted by Crippen LogP contribution is 2.29. The Bertz CT molecular complexity index is 1970. The predicted octanol–water partition coefficient (Wildman–Crippen LogP) is 8.14. The van der Waals surface area contributed by atoms with Gasteiger partial charge in [-0.15, -0.1) is 22.7 Å². The summed E-state index contributed by atoms with van der Waals surface area (Å²) in [6.07, 6.45) is 0. The third-order valence-corrected chi connectivity index (χ3v) is 8.27. The van der Waals surface area contributed by atoms with Gasteiger partial charge >= 0.3 is 0 Å². The number of pyridine rings is 1. The van der Waals surface area contributed by atoms with Crippen molar-refractivity contribution in [1.82, 2.24) is 15.0 Å². The van der Waals surface area contributed by atoms with Crippen molar-refractivity contribution >= 4 is 66.3 Å². The second kappa shape index (κ2) is 11.0. The third-order valence-electron chi connectivity index (χ3n) is 6.75. The minimum absolute atomic E-state index is 0.112. The Hall–Kier alpha value is -5.25. The zero-order valence-electron chi connectivity index (χ0n) is 21.9. The number of hydrogen-bond donors (Lipinski definition) is 2. The Labute approximate surface area is 248 Å². The Balaban J connectivity index is 1.03. The molecular weight excluding hydrogens is 563 g/mol. The predicted molar refractivity (Wildman–Crippen MR) is 170 cm³/mol. The van der Waals surface area contributed by atoms with Crippen LogP contribution >= 0.6 is 22.7 Å². The van der Waals surface area contributed by atoms with E-state index in [4.69, 9.17) is 0 Å². The van der Waals surface area contributed by atoms with E-state index < -0.39 is 11.8 Å². The van der Waals surface area contributed by atoms with Gasteiger partial charge in [-0.3, -0.25) is 20.2 Å². The summed E-state index contributed by atoms with van der Waals surface area (Å²) in [5.41, 5.74) is 3.70. The van der Waals surface area contributed by atoms with Crippen LogP contribution in [0.5, 0.6) is 0 Å². The zero-order chi connectivity index (χ0) is 28.5. The summed E-state index contributed by atoms with van der Waals surface area (Å²) in [5.74, 6) is -0.895. The molecule has 0 aliphatic rings. The molecule has 0 unspecified atom stereocenters.